The maximum absolute atomic E-state index is 5.62. The topological polar surface area (TPSA) is 43.0 Å². The molecule has 0 bridgehead atoms. The van der Waals surface area contributed by atoms with Gasteiger partial charge in [-0.1, -0.05) is 0 Å². The summed E-state index contributed by atoms with van der Waals surface area (Å²) in [5.74, 6) is 1.01. The lowest BCUT2D eigenvalue weighted by atomic mass is 10.2. The molecule has 2 heterocycles. The lowest BCUT2D eigenvalue weighted by molar-refractivity contribution is 0.468. The zero-order valence-corrected chi connectivity index (χ0v) is 11.9. The van der Waals surface area contributed by atoms with Gasteiger partial charge in [0.2, 0.25) is 0 Å². The molecule has 1 N–H and O–H groups in total. The number of aromatic nitrogens is 2. The standard InChI is InChI=1S/C15H21N3O/c1-10-11(2)17-18(12(10)3)9-15-13(6-7-19-15)8-16-14-4-5-14/h6-7,14,16H,4-5,8-9H2,1-3H3. The van der Waals surface area contributed by atoms with Crippen LogP contribution in [0, 0.1) is 20.8 Å². The zero-order valence-electron chi connectivity index (χ0n) is 11.9. The Labute approximate surface area is 113 Å². The first kappa shape index (κ1) is 12.5. The van der Waals surface area contributed by atoms with Crippen molar-refractivity contribution in [3.05, 3.63) is 40.6 Å². The van der Waals surface area contributed by atoms with Gasteiger partial charge in [0, 0.05) is 23.8 Å². The molecule has 0 saturated heterocycles. The quantitative estimate of drug-likeness (QED) is 0.897. The van der Waals surface area contributed by atoms with Crippen molar-refractivity contribution >= 4 is 0 Å². The summed E-state index contributed by atoms with van der Waals surface area (Å²) in [4.78, 5) is 0. The number of rotatable bonds is 5. The highest BCUT2D eigenvalue weighted by atomic mass is 16.3. The van der Waals surface area contributed by atoms with Crippen molar-refractivity contribution < 1.29 is 4.42 Å². The van der Waals surface area contributed by atoms with Crippen LogP contribution >= 0.6 is 0 Å². The van der Waals surface area contributed by atoms with E-state index in [4.69, 9.17) is 4.42 Å². The van der Waals surface area contributed by atoms with Crippen LogP contribution in [0.5, 0.6) is 0 Å². The van der Waals surface area contributed by atoms with E-state index in [2.05, 4.69) is 37.3 Å². The number of nitrogens with one attached hydrogen (secondary N) is 1. The average molecular weight is 259 g/mol. The van der Waals surface area contributed by atoms with Crippen LogP contribution in [-0.2, 0) is 13.1 Å². The minimum absolute atomic E-state index is 0.717. The van der Waals surface area contributed by atoms with Crippen LogP contribution in [0.1, 0.15) is 41.1 Å². The Morgan fingerprint density at radius 3 is 2.79 bits per heavy atom. The second-order valence-corrected chi connectivity index (χ2v) is 5.48. The Morgan fingerprint density at radius 1 is 1.37 bits per heavy atom. The molecule has 3 rings (SSSR count). The summed E-state index contributed by atoms with van der Waals surface area (Å²) in [6, 6.07) is 2.78. The molecule has 0 unspecified atom stereocenters. The smallest absolute Gasteiger partial charge is 0.129 e. The second-order valence-electron chi connectivity index (χ2n) is 5.48. The molecule has 0 aliphatic heterocycles. The summed E-state index contributed by atoms with van der Waals surface area (Å²) < 4.78 is 7.66. The summed E-state index contributed by atoms with van der Waals surface area (Å²) in [5, 5.41) is 8.10. The van der Waals surface area contributed by atoms with Crippen LogP contribution in [0.15, 0.2) is 16.7 Å². The van der Waals surface area contributed by atoms with Crippen molar-refractivity contribution in [3.63, 3.8) is 0 Å². The summed E-state index contributed by atoms with van der Waals surface area (Å²) in [7, 11) is 0. The molecule has 4 nitrogen and oxygen atoms in total. The van der Waals surface area contributed by atoms with Gasteiger partial charge >= 0.3 is 0 Å². The Hall–Kier alpha value is -1.55. The molecule has 1 saturated carbocycles. The minimum Gasteiger partial charge on any atom is -0.467 e. The van der Waals surface area contributed by atoms with Crippen molar-refractivity contribution in [2.75, 3.05) is 0 Å². The molecule has 19 heavy (non-hydrogen) atoms. The van der Waals surface area contributed by atoms with Crippen LogP contribution in [-0.4, -0.2) is 15.8 Å². The second kappa shape index (κ2) is 4.85. The fourth-order valence-corrected chi connectivity index (χ4v) is 2.28. The normalized spacial score (nSPS) is 15.1. The van der Waals surface area contributed by atoms with Gasteiger partial charge in [-0.25, -0.2) is 0 Å². The third kappa shape index (κ3) is 2.59. The van der Waals surface area contributed by atoms with Crippen molar-refractivity contribution in [3.8, 4) is 0 Å². The lowest BCUT2D eigenvalue weighted by Crippen LogP contribution is -2.16. The van der Waals surface area contributed by atoms with Gasteiger partial charge in [-0.15, -0.1) is 0 Å². The van der Waals surface area contributed by atoms with E-state index < -0.39 is 0 Å². The van der Waals surface area contributed by atoms with Crippen molar-refractivity contribution in [2.24, 2.45) is 0 Å². The Morgan fingerprint density at radius 2 is 2.16 bits per heavy atom. The third-order valence-corrected chi connectivity index (χ3v) is 4.03. The summed E-state index contributed by atoms with van der Waals surface area (Å²) in [6.45, 7) is 7.90. The predicted octanol–water partition coefficient (Wildman–Crippen LogP) is 2.70. The third-order valence-electron chi connectivity index (χ3n) is 4.03. The highest BCUT2D eigenvalue weighted by molar-refractivity contribution is 5.24. The maximum atomic E-state index is 5.62. The van der Waals surface area contributed by atoms with E-state index in [9.17, 15) is 0 Å². The highest BCUT2D eigenvalue weighted by Gasteiger charge is 2.21. The van der Waals surface area contributed by atoms with Gasteiger partial charge in [0.1, 0.15) is 5.76 Å². The van der Waals surface area contributed by atoms with Crippen molar-refractivity contribution in [2.45, 2.75) is 52.7 Å². The molecule has 102 valence electrons. The molecule has 0 radical (unpaired) electrons. The van der Waals surface area contributed by atoms with Gasteiger partial charge in [-0.3, -0.25) is 4.68 Å². The predicted molar refractivity (Wildman–Crippen MR) is 74.1 cm³/mol. The molecule has 0 amide bonds. The van der Waals surface area contributed by atoms with E-state index in [1.54, 1.807) is 6.26 Å². The van der Waals surface area contributed by atoms with Crippen molar-refractivity contribution in [1.82, 2.24) is 15.1 Å². The minimum atomic E-state index is 0.717. The number of furan rings is 1. The van der Waals surface area contributed by atoms with E-state index in [0.717, 1.165) is 30.6 Å². The summed E-state index contributed by atoms with van der Waals surface area (Å²) in [5.41, 5.74) is 4.83. The number of hydrogen-bond acceptors (Lipinski definition) is 3. The number of nitrogens with zero attached hydrogens (tertiary/aromatic N) is 2. The largest absolute Gasteiger partial charge is 0.467 e. The van der Waals surface area contributed by atoms with E-state index in [1.165, 1.54) is 29.7 Å². The van der Waals surface area contributed by atoms with E-state index >= 15 is 0 Å². The van der Waals surface area contributed by atoms with Gasteiger partial charge < -0.3 is 9.73 Å². The molecule has 2 aromatic heterocycles. The number of hydrogen-bond donors (Lipinski definition) is 1. The van der Waals surface area contributed by atoms with Crippen LogP contribution in [0.3, 0.4) is 0 Å². The van der Waals surface area contributed by atoms with Crippen LogP contribution < -0.4 is 5.32 Å². The molecule has 1 fully saturated rings. The molecule has 2 aromatic rings. The molecular weight excluding hydrogens is 238 g/mol. The van der Waals surface area contributed by atoms with E-state index in [-0.39, 0.29) is 0 Å². The van der Waals surface area contributed by atoms with E-state index in [1.807, 2.05) is 4.68 Å². The fraction of sp³-hybridized carbons (Fsp3) is 0.533. The SMILES string of the molecule is Cc1nn(Cc2occc2CNC2CC2)c(C)c1C. The van der Waals surface area contributed by atoms with Crippen LogP contribution in [0.4, 0.5) is 0 Å². The van der Waals surface area contributed by atoms with Gasteiger partial charge in [0.15, 0.2) is 0 Å². The Kier molecular flexibility index (Phi) is 3.19. The molecule has 4 heteroatoms. The zero-order chi connectivity index (χ0) is 13.4. The Bertz CT molecular complexity index is 578. The molecule has 0 atom stereocenters. The van der Waals surface area contributed by atoms with Crippen molar-refractivity contribution in [1.29, 1.82) is 0 Å². The van der Waals surface area contributed by atoms with Crippen LogP contribution in [0.2, 0.25) is 0 Å². The summed E-state index contributed by atoms with van der Waals surface area (Å²) >= 11 is 0. The molecule has 0 aromatic carbocycles. The van der Waals surface area contributed by atoms with Gasteiger partial charge in [0.05, 0.1) is 18.5 Å². The van der Waals surface area contributed by atoms with Gasteiger partial charge in [0.25, 0.3) is 0 Å². The van der Waals surface area contributed by atoms with E-state index in [0.29, 0.717) is 0 Å². The van der Waals surface area contributed by atoms with Gasteiger partial charge in [-0.2, -0.15) is 5.10 Å². The monoisotopic (exact) mass is 259 g/mol. The van der Waals surface area contributed by atoms with Crippen LogP contribution in [0.25, 0.3) is 0 Å². The molecule has 0 spiro atoms. The lowest BCUT2D eigenvalue weighted by Gasteiger charge is -2.06. The first-order chi connectivity index (χ1) is 9.15. The summed E-state index contributed by atoms with van der Waals surface area (Å²) in [6.07, 6.45) is 4.39. The first-order valence-corrected chi connectivity index (χ1v) is 6.94. The maximum Gasteiger partial charge on any atom is 0.129 e. The fourth-order valence-electron chi connectivity index (χ4n) is 2.28. The first-order valence-electron chi connectivity index (χ1n) is 6.94. The Balaban J connectivity index is 1.74. The molecular formula is C15H21N3O. The molecule has 1 aliphatic rings. The highest BCUT2D eigenvalue weighted by Crippen LogP contribution is 2.21. The van der Waals surface area contributed by atoms with Gasteiger partial charge in [-0.05, 0) is 45.2 Å². The molecule has 1 aliphatic carbocycles. The number of aryl methyl sites for hydroxylation is 1. The average Bonchev–Trinajstić information content (AvgIpc) is 3.08.